The smallest absolute Gasteiger partial charge is 0.311 e. The number of rotatable bonds is 5. The van der Waals surface area contributed by atoms with E-state index in [0.29, 0.717) is 17.0 Å². The Morgan fingerprint density at radius 2 is 1.77 bits per heavy atom. The topological polar surface area (TPSA) is 57.5 Å². The van der Waals surface area contributed by atoms with Crippen LogP contribution in [0.5, 0.6) is 5.75 Å². The fraction of sp³-hybridized carbons (Fsp3) is 0.294. The van der Waals surface area contributed by atoms with Crippen molar-refractivity contribution in [3.63, 3.8) is 0 Å². The van der Waals surface area contributed by atoms with Gasteiger partial charge in [0.15, 0.2) is 0 Å². The number of carbonyl (C=O) groups excluding carboxylic acids is 2. The number of ether oxygens (including phenoxy) is 2. The van der Waals surface area contributed by atoms with Crippen molar-refractivity contribution in [2.24, 2.45) is 7.05 Å². The molecule has 0 aliphatic carbocycles. The normalized spacial score (nSPS) is 10.4. The molecule has 0 N–H and O–H groups in total. The molecule has 0 spiro atoms. The summed E-state index contributed by atoms with van der Waals surface area (Å²) in [7, 11) is 4.71. The van der Waals surface area contributed by atoms with Crippen molar-refractivity contribution in [3.8, 4) is 5.75 Å². The summed E-state index contributed by atoms with van der Waals surface area (Å²) in [5, 5.41) is 0. The summed E-state index contributed by atoms with van der Waals surface area (Å²) in [6.45, 7) is 1.86. The molecule has 0 radical (unpaired) electrons. The number of hydrogen-bond acceptors (Lipinski definition) is 4. The van der Waals surface area contributed by atoms with Gasteiger partial charge in [-0.05, 0) is 42.8 Å². The molecule has 1 aromatic heterocycles. The molecular formula is C17H19NO4. The number of nitrogens with zero attached hydrogens (tertiary/aromatic N) is 1. The van der Waals surface area contributed by atoms with Gasteiger partial charge in [0, 0.05) is 18.3 Å². The van der Waals surface area contributed by atoms with E-state index in [0.717, 1.165) is 11.3 Å². The minimum Gasteiger partial charge on any atom is -0.497 e. The lowest BCUT2D eigenvalue weighted by molar-refractivity contribution is -0.139. The van der Waals surface area contributed by atoms with Crippen LogP contribution in [-0.4, -0.2) is 30.5 Å². The molecular weight excluding hydrogens is 282 g/mol. The summed E-state index contributed by atoms with van der Waals surface area (Å²) < 4.78 is 11.5. The Morgan fingerprint density at radius 3 is 2.32 bits per heavy atom. The van der Waals surface area contributed by atoms with Crippen LogP contribution in [-0.2, 0) is 23.0 Å². The first-order chi connectivity index (χ1) is 10.5. The number of aryl methyl sites for hydroxylation is 1. The Kier molecular flexibility index (Phi) is 4.65. The third kappa shape index (κ3) is 3.03. The molecule has 0 saturated carbocycles. The van der Waals surface area contributed by atoms with E-state index in [4.69, 9.17) is 4.74 Å². The van der Waals surface area contributed by atoms with E-state index in [1.54, 1.807) is 43.0 Å². The highest BCUT2D eigenvalue weighted by Gasteiger charge is 2.19. The van der Waals surface area contributed by atoms with Crippen molar-refractivity contribution in [2.45, 2.75) is 13.3 Å². The van der Waals surface area contributed by atoms with E-state index < -0.39 is 0 Å². The Morgan fingerprint density at radius 1 is 1.14 bits per heavy atom. The number of benzene rings is 1. The molecule has 22 heavy (non-hydrogen) atoms. The van der Waals surface area contributed by atoms with Gasteiger partial charge in [0.1, 0.15) is 5.75 Å². The number of esters is 1. The highest BCUT2D eigenvalue weighted by Crippen LogP contribution is 2.20. The molecule has 1 heterocycles. The second-order valence-corrected chi connectivity index (χ2v) is 5.04. The van der Waals surface area contributed by atoms with Gasteiger partial charge >= 0.3 is 5.97 Å². The maximum Gasteiger partial charge on any atom is 0.311 e. The first-order valence-corrected chi connectivity index (χ1v) is 6.88. The first kappa shape index (κ1) is 15.8. The lowest BCUT2D eigenvalue weighted by Crippen LogP contribution is -2.13. The van der Waals surface area contributed by atoms with Crippen LogP contribution in [0.4, 0.5) is 0 Å². The average Bonchev–Trinajstić information content (AvgIpc) is 2.80. The van der Waals surface area contributed by atoms with Gasteiger partial charge in [-0.25, -0.2) is 0 Å². The van der Waals surface area contributed by atoms with Crippen molar-refractivity contribution in [1.82, 2.24) is 4.57 Å². The Hall–Kier alpha value is -2.56. The van der Waals surface area contributed by atoms with Gasteiger partial charge in [-0.1, -0.05) is 0 Å². The van der Waals surface area contributed by atoms with Crippen LogP contribution in [0.25, 0.3) is 0 Å². The summed E-state index contributed by atoms with van der Waals surface area (Å²) in [5.74, 6) is 0.286. The SMILES string of the molecule is COC(=O)Cc1cc(C)c(C(=O)c2ccc(OC)cc2)n1C. The maximum absolute atomic E-state index is 12.7. The zero-order chi connectivity index (χ0) is 16.3. The fourth-order valence-corrected chi connectivity index (χ4v) is 2.42. The predicted molar refractivity (Wildman–Crippen MR) is 82.3 cm³/mol. The Labute approximate surface area is 129 Å². The lowest BCUT2D eigenvalue weighted by atomic mass is 10.1. The molecule has 0 bridgehead atoms. The predicted octanol–water partition coefficient (Wildman–Crippen LogP) is 2.29. The number of carbonyl (C=O) groups is 2. The first-order valence-electron chi connectivity index (χ1n) is 6.88. The van der Waals surface area contributed by atoms with Gasteiger partial charge in [-0.3, -0.25) is 9.59 Å². The summed E-state index contributed by atoms with van der Waals surface area (Å²) in [5.41, 5.74) is 2.74. The van der Waals surface area contributed by atoms with Crippen LogP contribution in [0.1, 0.15) is 27.3 Å². The average molecular weight is 301 g/mol. The molecule has 5 nitrogen and oxygen atoms in total. The van der Waals surface area contributed by atoms with Crippen LogP contribution < -0.4 is 4.74 Å². The molecule has 0 unspecified atom stereocenters. The fourth-order valence-electron chi connectivity index (χ4n) is 2.42. The zero-order valence-corrected chi connectivity index (χ0v) is 13.2. The van der Waals surface area contributed by atoms with Crippen LogP contribution in [0, 0.1) is 6.92 Å². The van der Waals surface area contributed by atoms with Gasteiger partial charge < -0.3 is 14.0 Å². The molecule has 116 valence electrons. The standard InChI is InChI=1S/C17H19NO4/c1-11-9-13(10-15(19)22-4)18(2)16(11)17(20)12-5-7-14(21-3)8-6-12/h5-9H,10H2,1-4H3. The molecule has 0 atom stereocenters. The van der Waals surface area contributed by atoms with E-state index in [2.05, 4.69) is 4.74 Å². The molecule has 0 amide bonds. The van der Waals surface area contributed by atoms with Gasteiger partial charge in [0.2, 0.25) is 5.78 Å². The molecule has 2 aromatic rings. The second-order valence-electron chi connectivity index (χ2n) is 5.04. The number of hydrogen-bond donors (Lipinski definition) is 0. The van der Waals surface area contributed by atoms with Crippen molar-refractivity contribution in [1.29, 1.82) is 0 Å². The quantitative estimate of drug-likeness (QED) is 0.628. The van der Waals surface area contributed by atoms with Gasteiger partial charge in [-0.15, -0.1) is 0 Å². The van der Waals surface area contributed by atoms with Crippen LogP contribution in [0.2, 0.25) is 0 Å². The molecule has 0 fully saturated rings. The molecule has 0 saturated heterocycles. The van der Waals surface area contributed by atoms with E-state index in [1.165, 1.54) is 7.11 Å². The third-order valence-corrected chi connectivity index (χ3v) is 3.64. The summed E-state index contributed by atoms with van der Waals surface area (Å²) >= 11 is 0. The molecule has 0 aliphatic rings. The largest absolute Gasteiger partial charge is 0.497 e. The van der Waals surface area contributed by atoms with E-state index in [1.807, 2.05) is 13.0 Å². The van der Waals surface area contributed by atoms with E-state index >= 15 is 0 Å². The number of methoxy groups -OCH3 is 2. The van der Waals surface area contributed by atoms with Gasteiger partial charge in [0.25, 0.3) is 0 Å². The highest BCUT2D eigenvalue weighted by molar-refractivity contribution is 6.09. The van der Waals surface area contributed by atoms with Crippen molar-refractivity contribution in [2.75, 3.05) is 14.2 Å². The molecule has 0 aliphatic heterocycles. The van der Waals surface area contributed by atoms with Gasteiger partial charge in [0.05, 0.1) is 26.3 Å². The highest BCUT2D eigenvalue weighted by atomic mass is 16.5. The lowest BCUT2D eigenvalue weighted by Gasteiger charge is -2.08. The summed E-state index contributed by atoms with van der Waals surface area (Å²) in [6.07, 6.45) is 0.143. The van der Waals surface area contributed by atoms with E-state index in [9.17, 15) is 9.59 Å². The van der Waals surface area contributed by atoms with Crippen LogP contribution in [0.3, 0.4) is 0 Å². The zero-order valence-electron chi connectivity index (χ0n) is 13.2. The van der Waals surface area contributed by atoms with Crippen molar-refractivity contribution < 1.29 is 19.1 Å². The second kappa shape index (κ2) is 6.47. The summed E-state index contributed by atoms with van der Waals surface area (Å²) in [4.78, 5) is 24.1. The monoisotopic (exact) mass is 301 g/mol. The van der Waals surface area contributed by atoms with E-state index in [-0.39, 0.29) is 18.2 Å². The maximum atomic E-state index is 12.7. The number of ketones is 1. The van der Waals surface area contributed by atoms with Crippen molar-refractivity contribution >= 4 is 11.8 Å². The third-order valence-electron chi connectivity index (χ3n) is 3.64. The Bertz CT molecular complexity index is 698. The molecule has 5 heteroatoms. The van der Waals surface area contributed by atoms with Crippen molar-refractivity contribution in [3.05, 3.63) is 52.8 Å². The van der Waals surface area contributed by atoms with Crippen LogP contribution in [0.15, 0.2) is 30.3 Å². The Balaban J connectivity index is 2.34. The van der Waals surface area contributed by atoms with Crippen LogP contribution >= 0.6 is 0 Å². The molecule has 2 rings (SSSR count). The van der Waals surface area contributed by atoms with Gasteiger partial charge in [-0.2, -0.15) is 0 Å². The minimum absolute atomic E-state index is 0.0845. The summed E-state index contributed by atoms with van der Waals surface area (Å²) in [6, 6.07) is 8.80. The molecule has 1 aromatic carbocycles. The minimum atomic E-state index is -0.330. The number of aromatic nitrogens is 1.